The molecule has 1 atom stereocenters. The standard InChI is InChI=1S/C21H21N5O2S/c1-14(16-6-8-17(9-7-16)26-13-22-12-23-26)25(3)20(27)11-18-15(2)28-21(24-18)19-5-4-10-29-19/h4-10,12-14H,11H2,1-3H3/t14-/m0/s1. The van der Waals surface area contributed by atoms with E-state index in [-0.39, 0.29) is 18.4 Å². The number of thiophene rings is 1. The van der Waals surface area contributed by atoms with Crippen LogP contribution in [0.4, 0.5) is 0 Å². The summed E-state index contributed by atoms with van der Waals surface area (Å²) in [6.45, 7) is 3.86. The van der Waals surface area contributed by atoms with Crippen LogP contribution in [0.3, 0.4) is 0 Å². The molecule has 0 saturated carbocycles. The molecule has 3 heterocycles. The summed E-state index contributed by atoms with van der Waals surface area (Å²) in [7, 11) is 1.81. The Bertz CT molecular complexity index is 1090. The van der Waals surface area contributed by atoms with Crippen LogP contribution in [0.2, 0.25) is 0 Å². The van der Waals surface area contributed by atoms with Crippen LogP contribution in [0, 0.1) is 6.92 Å². The number of oxazole rings is 1. The number of aromatic nitrogens is 4. The van der Waals surface area contributed by atoms with E-state index in [1.54, 1.807) is 27.2 Å². The smallest absolute Gasteiger partial charge is 0.236 e. The summed E-state index contributed by atoms with van der Waals surface area (Å²) < 4.78 is 7.44. The predicted octanol–water partition coefficient (Wildman–Crippen LogP) is 4.05. The maximum atomic E-state index is 12.9. The van der Waals surface area contributed by atoms with E-state index in [4.69, 9.17) is 4.42 Å². The molecule has 1 aromatic carbocycles. The summed E-state index contributed by atoms with van der Waals surface area (Å²) in [5.41, 5.74) is 2.65. The highest BCUT2D eigenvalue weighted by atomic mass is 32.1. The van der Waals surface area contributed by atoms with Crippen LogP contribution in [-0.2, 0) is 11.2 Å². The van der Waals surface area contributed by atoms with Gasteiger partial charge >= 0.3 is 0 Å². The highest BCUT2D eigenvalue weighted by molar-refractivity contribution is 7.13. The molecule has 0 radical (unpaired) electrons. The van der Waals surface area contributed by atoms with Crippen LogP contribution in [0.25, 0.3) is 16.5 Å². The van der Waals surface area contributed by atoms with E-state index in [0.29, 0.717) is 17.3 Å². The lowest BCUT2D eigenvalue weighted by Crippen LogP contribution is -2.31. The van der Waals surface area contributed by atoms with Gasteiger partial charge in [0.2, 0.25) is 11.8 Å². The lowest BCUT2D eigenvalue weighted by atomic mass is 10.1. The highest BCUT2D eigenvalue weighted by Gasteiger charge is 2.21. The minimum Gasteiger partial charge on any atom is -0.440 e. The Balaban J connectivity index is 1.45. The first-order chi connectivity index (χ1) is 14.0. The molecule has 0 bridgehead atoms. The normalized spacial score (nSPS) is 12.1. The first-order valence-corrected chi connectivity index (χ1v) is 10.1. The maximum Gasteiger partial charge on any atom is 0.236 e. The Hall–Kier alpha value is -3.26. The van der Waals surface area contributed by atoms with Crippen molar-refractivity contribution in [2.24, 2.45) is 0 Å². The second-order valence-electron chi connectivity index (χ2n) is 6.79. The van der Waals surface area contributed by atoms with E-state index in [1.807, 2.05) is 62.7 Å². The third kappa shape index (κ3) is 3.97. The van der Waals surface area contributed by atoms with E-state index in [2.05, 4.69) is 15.1 Å². The summed E-state index contributed by atoms with van der Waals surface area (Å²) in [6.07, 6.45) is 3.36. The Morgan fingerprint density at radius 1 is 1.28 bits per heavy atom. The second kappa shape index (κ2) is 8.00. The molecule has 4 aromatic rings. The summed E-state index contributed by atoms with van der Waals surface area (Å²) in [6, 6.07) is 11.8. The van der Waals surface area contributed by atoms with Crippen LogP contribution >= 0.6 is 11.3 Å². The van der Waals surface area contributed by atoms with E-state index < -0.39 is 0 Å². The van der Waals surface area contributed by atoms with Gasteiger partial charge in [-0.25, -0.2) is 14.6 Å². The van der Waals surface area contributed by atoms with Crippen molar-refractivity contribution in [2.75, 3.05) is 7.05 Å². The van der Waals surface area contributed by atoms with E-state index >= 15 is 0 Å². The summed E-state index contributed by atoms with van der Waals surface area (Å²) in [4.78, 5) is 24.0. The first kappa shape index (κ1) is 19.1. The number of rotatable bonds is 6. The number of carbonyl (C=O) groups excluding carboxylic acids is 1. The molecule has 0 aliphatic rings. The fraction of sp³-hybridized carbons (Fsp3) is 0.238. The van der Waals surface area contributed by atoms with Crippen molar-refractivity contribution < 1.29 is 9.21 Å². The van der Waals surface area contributed by atoms with Crippen LogP contribution in [0.5, 0.6) is 0 Å². The number of aryl methyl sites for hydroxylation is 1. The Morgan fingerprint density at radius 2 is 2.07 bits per heavy atom. The molecule has 0 saturated heterocycles. The van der Waals surface area contributed by atoms with Crippen LogP contribution < -0.4 is 0 Å². The van der Waals surface area contributed by atoms with Gasteiger partial charge in [0.15, 0.2) is 0 Å². The van der Waals surface area contributed by atoms with Gasteiger partial charge in [-0.1, -0.05) is 18.2 Å². The van der Waals surface area contributed by atoms with E-state index in [0.717, 1.165) is 16.1 Å². The fourth-order valence-corrected chi connectivity index (χ4v) is 3.70. The zero-order valence-electron chi connectivity index (χ0n) is 16.4. The van der Waals surface area contributed by atoms with Gasteiger partial charge in [0.05, 0.1) is 28.7 Å². The van der Waals surface area contributed by atoms with Gasteiger partial charge < -0.3 is 9.32 Å². The van der Waals surface area contributed by atoms with Crippen molar-refractivity contribution >= 4 is 17.2 Å². The van der Waals surface area contributed by atoms with Crippen LogP contribution in [0.15, 0.2) is 58.9 Å². The number of amides is 1. The second-order valence-corrected chi connectivity index (χ2v) is 7.74. The minimum atomic E-state index is -0.0729. The zero-order chi connectivity index (χ0) is 20.4. The average molecular weight is 407 g/mol. The molecule has 1 amide bonds. The van der Waals surface area contributed by atoms with Crippen molar-refractivity contribution in [3.8, 4) is 16.5 Å². The Morgan fingerprint density at radius 3 is 2.72 bits per heavy atom. The molecule has 0 N–H and O–H groups in total. The SMILES string of the molecule is Cc1oc(-c2cccs2)nc1CC(=O)N(C)[C@@H](C)c1ccc(-n2cncn2)cc1. The van der Waals surface area contributed by atoms with Crippen LogP contribution in [0.1, 0.15) is 30.0 Å². The third-order valence-electron chi connectivity index (χ3n) is 4.98. The van der Waals surface area contributed by atoms with E-state index in [9.17, 15) is 4.79 Å². The molecule has 148 valence electrons. The fourth-order valence-electron chi connectivity index (χ4n) is 3.05. The zero-order valence-corrected chi connectivity index (χ0v) is 17.3. The topological polar surface area (TPSA) is 77.0 Å². The summed E-state index contributed by atoms with van der Waals surface area (Å²) in [5, 5.41) is 6.10. The molecule has 7 nitrogen and oxygen atoms in total. The molecule has 8 heteroatoms. The molecular weight excluding hydrogens is 386 g/mol. The molecule has 0 fully saturated rings. The molecule has 29 heavy (non-hydrogen) atoms. The number of likely N-dealkylation sites (N-methyl/N-ethyl adjacent to an activating group) is 1. The van der Waals surface area contributed by atoms with Gasteiger partial charge in [-0.05, 0) is 43.0 Å². The monoisotopic (exact) mass is 407 g/mol. The van der Waals surface area contributed by atoms with Crippen LogP contribution in [-0.4, -0.2) is 37.6 Å². The van der Waals surface area contributed by atoms with Gasteiger partial charge in [0, 0.05) is 7.05 Å². The van der Waals surface area contributed by atoms with Crippen molar-refractivity contribution in [1.82, 2.24) is 24.6 Å². The van der Waals surface area contributed by atoms with Gasteiger partial charge in [0.25, 0.3) is 0 Å². The van der Waals surface area contributed by atoms with E-state index in [1.165, 1.54) is 6.33 Å². The largest absolute Gasteiger partial charge is 0.440 e. The van der Waals surface area contributed by atoms with Crippen molar-refractivity contribution in [3.05, 3.63) is 71.5 Å². The number of carbonyl (C=O) groups is 1. The number of hydrogen-bond acceptors (Lipinski definition) is 6. The lowest BCUT2D eigenvalue weighted by molar-refractivity contribution is -0.131. The molecule has 0 unspecified atom stereocenters. The minimum absolute atomic E-state index is 0.00742. The third-order valence-corrected chi connectivity index (χ3v) is 5.83. The highest BCUT2D eigenvalue weighted by Crippen LogP contribution is 2.27. The number of benzene rings is 1. The van der Waals surface area contributed by atoms with Crippen molar-refractivity contribution in [3.63, 3.8) is 0 Å². The molecular formula is C21H21N5O2S. The van der Waals surface area contributed by atoms with Crippen molar-refractivity contribution in [1.29, 1.82) is 0 Å². The van der Waals surface area contributed by atoms with Gasteiger partial charge in [-0.15, -0.1) is 11.3 Å². The lowest BCUT2D eigenvalue weighted by Gasteiger charge is -2.25. The summed E-state index contributed by atoms with van der Waals surface area (Å²) in [5.74, 6) is 1.24. The Kier molecular flexibility index (Phi) is 5.26. The van der Waals surface area contributed by atoms with Gasteiger partial charge in [0.1, 0.15) is 18.4 Å². The quantitative estimate of drug-likeness (QED) is 0.482. The molecule has 4 rings (SSSR count). The Labute approximate surface area is 172 Å². The maximum absolute atomic E-state index is 12.9. The average Bonchev–Trinajstić information content (AvgIpc) is 3.50. The van der Waals surface area contributed by atoms with Gasteiger partial charge in [-0.2, -0.15) is 5.10 Å². The molecule has 0 spiro atoms. The van der Waals surface area contributed by atoms with Gasteiger partial charge in [-0.3, -0.25) is 4.79 Å². The van der Waals surface area contributed by atoms with Crippen molar-refractivity contribution in [2.45, 2.75) is 26.3 Å². The molecule has 3 aromatic heterocycles. The number of hydrogen-bond donors (Lipinski definition) is 0. The number of nitrogens with zero attached hydrogens (tertiary/aromatic N) is 5. The predicted molar refractivity (Wildman–Crippen MR) is 111 cm³/mol. The molecule has 0 aliphatic heterocycles. The summed E-state index contributed by atoms with van der Waals surface area (Å²) >= 11 is 1.56. The first-order valence-electron chi connectivity index (χ1n) is 9.23. The molecule has 0 aliphatic carbocycles.